The van der Waals surface area contributed by atoms with Gasteiger partial charge in [-0.1, -0.05) is 19.3 Å². The number of nitrogens with zero attached hydrogens (tertiary/aromatic N) is 2. The van der Waals surface area contributed by atoms with Crippen LogP contribution in [0.2, 0.25) is 0 Å². The Bertz CT molecular complexity index is 967. The number of hydrogen-bond acceptors (Lipinski definition) is 6. The van der Waals surface area contributed by atoms with Crippen molar-refractivity contribution in [3.8, 4) is 5.75 Å². The SMILES string of the molecule is COc1ccc(NC(=O)CN2C(=O)CC3(CCCCC3)C2=O)cc1S(=O)(=O)N(C)C. The molecule has 0 bridgehead atoms. The van der Waals surface area contributed by atoms with Crippen LogP contribution in [-0.4, -0.2) is 63.1 Å². The van der Waals surface area contributed by atoms with Gasteiger partial charge in [-0.2, -0.15) is 0 Å². The number of carbonyl (C=O) groups is 3. The molecular formula is C20H27N3O6S. The van der Waals surface area contributed by atoms with E-state index in [2.05, 4.69) is 5.32 Å². The molecule has 3 amide bonds. The van der Waals surface area contributed by atoms with Crippen LogP contribution < -0.4 is 10.1 Å². The number of ether oxygens (including phenoxy) is 1. The highest BCUT2D eigenvalue weighted by molar-refractivity contribution is 7.89. The molecule has 1 aromatic rings. The van der Waals surface area contributed by atoms with Gasteiger partial charge in [0, 0.05) is 26.2 Å². The predicted octanol–water partition coefficient (Wildman–Crippen LogP) is 1.59. The number of hydrogen-bond donors (Lipinski definition) is 1. The van der Waals surface area contributed by atoms with E-state index in [-0.39, 0.29) is 41.1 Å². The average molecular weight is 438 g/mol. The number of imide groups is 1. The second-order valence-corrected chi connectivity index (χ2v) is 10.1. The van der Waals surface area contributed by atoms with Crippen molar-refractivity contribution in [2.45, 2.75) is 43.4 Å². The van der Waals surface area contributed by atoms with E-state index >= 15 is 0 Å². The summed E-state index contributed by atoms with van der Waals surface area (Å²) in [5.41, 5.74) is -0.421. The van der Waals surface area contributed by atoms with Gasteiger partial charge in [-0.15, -0.1) is 0 Å². The van der Waals surface area contributed by atoms with E-state index < -0.39 is 21.3 Å². The molecular weight excluding hydrogens is 410 g/mol. The predicted molar refractivity (Wildman–Crippen MR) is 109 cm³/mol. The molecule has 9 nitrogen and oxygen atoms in total. The van der Waals surface area contributed by atoms with Crippen LogP contribution >= 0.6 is 0 Å². The summed E-state index contributed by atoms with van der Waals surface area (Å²) < 4.78 is 31.2. The van der Waals surface area contributed by atoms with E-state index in [9.17, 15) is 22.8 Å². The molecule has 10 heteroatoms. The first kappa shape index (κ1) is 22.2. The third-order valence-electron chi connectivity index (χ3n) is 5.81. The molecule has 0 unspecified atom stereocenters. The first-order valence-corrected chi connectivity index (χ1v) is 11.3. The van der Waals surface area contributed by atoms with Gasteiger partial charge in [-0.05, 0) is 31.0 Å². The monoisotopic (exact) mass is 437 g/mol. The molecule has 1 saturated heterocycles. The van der Waals surface area contributed by atoms with Crippen LogP contribution in [0, 0.1) is 5.41 Å². The van der Waals surface area contributed by atoms with E-state index in [1.54, 1.807) is 0 Å². The standard InChI is InChI=1S/C20H27N3O6S/c1-22(2)30(27,28)16-11-14(7-8-15(16)29-3)21-17(24)13-23-18(25)12-20(19(23)26)9-5-4-6-10-20/h7-8,11H,4-6,9-10,12-13H2,1-3H3,(H,21,24). The highest BCUT2D eigenvalue weighted by Gasteiger charge is 2.51. The lowest BCUT2D eigenvalue weighted by molar-refractivity contribution is -0.144. The van der Waals surface area contributed by atoms with Crippen LogP contribution in [0.15, 0.2) is 23.1 Å². The van der Waals surface area contributed by atoms with Gasteiger partial charge < -0.3 is 10.1 Å². The molecule has 2 fully saturated rings. The van der Waals surface area contributed by atoms with Crippen molar-refractivity contribution in [3.63, 3.8) is 0 Å². The van der Waals surface area contributed by atoms with E-state index in [0.29, 0.717) is 12.8 Å². The molecule has 1 aromatic carbocycles. The quantitative estimate of drug-likeness (QED) is 0.677. The van der Waals surface area contributed by atoms with Gasteiger partial charge in [0.1, 0.15) is 17.2 Å². The highest BCUT2D eigenvalue weighted by Crippen LogP contribution is 2.45. The van der Waals surface area contributed by atoms with E-state index in [1.165, 1.54) is 39.4 Å². The van der Waals surface area contributed by atoms with Crippen LogP contribution in [0.5, 0.6) is 5.75 Å². The number of benzene rings is 1. The van der Waals surface area contributed by atoms with Crippen molar-refractivity contribution in [1.29, 1.82) is 0 Å². The van der Waals surface area contributed by atoms with Gasteiger partial charge in [-0.25, -0.2) is 12.7 Å². The fourth-order valence-corrected chi connectivity index (χ4v) is 5.21. The number of sulfonamides is 1. The molecule has 30 heavy (non-hydrogen) atoms. The summed E-state index contributed by atoms with van der Waals surface area (Å²) in [5.74, 6) is -1.02. The van der Waals surface area contributed by atoms with Gasteiger partial charge >= 0.3 is 0 Å². The van der Waals surface area contributed by atoms with Crippen LogP contribution in [0.4, 0.5) is 5.69 Å². The lowest BCUT2D eigenvalue weighted by Gasteiger charge is -2.30. The summed E-state index contributed by atoms with van der Waals surface area (Å²) in [6.07, 6.45) is 4.40. The lowest BCUT2D eigenvalue weighted by atomic mass is 9.73. The molecule has 0 aromatic heterocycles. The third-order valence-corrected chi connectivity index (χ3v) is 7.64. The van der Waals surface area contributed by atoms with Crippen molar-refractivity contribution < 1.29 is 27.5 Å². The number of likely N-dealkylation sites (tertiary alicyclic amines) is 1. The minimum atomic E-state index is -3.80. The molecule has 164 valence electrons. The zero-order chi connectivity index (χ0) is 22.1. The maximum atomic E-state index is 12.8. The zero-order valence-corrected chi connectivity index (χ0v) is 18.3. The average Bonchev–Trinajstić information content (AvgIpc) is 2.92. The second kappa shape index (κ2) is 8.35. The molecule has 0 radical (unpaired) electrons. The Morgan fingerprint density at radius 3 is 2.47 bits per heavy atom. The van der Waals surface area contributed by atoms with Crippen LogP contribution in [0.1, 0.15) is 38.5 Å². The van der Waals surface area contributed by atoms with Gasteiger partial charge in [0.2, 0.25) is 27.7 Å². The van der Waals surface area contributed by atoms with Gasteiger partial charge in [0.25, 0.3) is 0 Å². The smallest absolute Gasteiger partial charge is 0.246 e. The third kappa shape index (κ3) is 4.06. The van der Waals surface area contributed by atoms with Crippen LogP contribution in [0.25, 0.3) is 0 Å². The molecule has 3 rings (SSSR count). The summed E-state index contributed by atoms with van der Waals surface area (Å²) in [6, 6.07) is 4.24. The molecule has 1 saturated carbocycles. The fraction of sp³-hybridized carbons (Fsp3) is 0.550. The minimum Gasteiger partial charge on any atom is -0.495 e. The van der Waals surface area contributed by atoms with Crippen molar-refractivity contribution in [2.24, 2.45) is 5.41 Å². The van der Waals surface area contributed by atoms with Crippen LogP contribution in [0.3, 0.4) is 0 Å². The topological polar surface area (TPSA) is 113 Å². The first-order valence-electron chi connectivity index (χ1n) is 9.86. The second-order valence-electron chi connectivity index (χ2n) is 8.00. The zero-order valence-electron chi connectivity index (χ0n) is 17.4. The summed E-state index contributed by atoms with van der Waals surface area (Å²) in [5, 5.41) is 2.58. The molecule has 0 atom stereocenters. The molecule has 1 aliphatic heterocycles. The van der Waals surface area contributed by atoms with E-state index in [4.69, 9.17) is 4.74 Å². The van der Waals surface area contributed by atoms with Crippen molar-refractivity contribution >= 4 is 33.4 Å². The Hall–Kier alpha value is -2.46. The van der Waals surface area contributed by atoms with E-state index in [1.807, 2.05) is 0 Å². The highest BCUT2D eigenvalue weighted by atomic mass is 32.2. The number of rotatable bonds is 6. The largest absolute Gasteiger partial charge is 0.495 e. The number of amides is 3. The molecule has 1 aliphatic carbocycles. The number of nitrogens with one attached hydrogen (secondary N) is 1. The Kier molecular flexibility index (Phi) is 6.19. The normalized spacial score (nSPS) is 18.9. The van der Waals surface area contributed by atoms with Crippen molar-refractivity contribution in [1.82, 2.24) is 9.21 Å². The molecule has 1 spiro atoms. The Labute approximate surface area is 176 Å². The van der Waals surface area contributed by atoms with Gasteiger partial charge in [0.05, 0.1) is 12.5 Å². The van der Waals surface area contributed by atoms with Crippen LogP contribution in [-0.2, 0) is 24.4 Å². The fourth-order valence-electron chi connectivity index (χ4n) is 4.14. The van der Waals surface area contributed by atoms with E-state index in [0.717, 1.165) is 28.5 Å². The lowest BCUT2D eigenvalue weighted by Crippen LogP contribution is -2.41. The Balaban J connectivity index is 1.75. The number of methoxy groups -OCH3 is 1. The molecule has 2 aliphatic rings. The summed E-state index contributed by atoms with van der Waals surface area (Å²) in [7, 11) is 0.346. The van der Waals surface area contributed by atoms with Gasteiger partial charge in [0.15, 0.2) is 0 Å². The molecule has 1 N–H and O–H groups in total. The number of carbonyl (C=O) groups excluding carboxylic acids is 3. The Morgan fingerprint density at radius 1 is 1.20 bits per heavy atom. The van der Waals surface area contributed by atoms with Gasteiger partial charge in [-0.3, -0.25) is 19.3 Å². The summed E-state index contributed by atoms with van der Waals surface area (Å²) >= 11 is 0. The molecule has 1 heterocycles. The van der Waals surface area contributed by atoms with Crippen molar-refractivity contribution in [3.05, 3.63) is 18.2 Å². The first-order chi connectivity index (χ1) is 14.1. The van der Waals surface area contributed by atoms with Crippen molar-refractivity contribution in [2.75, 3.05) is 33.1 Å². The summed E-state index contributed by atoms with van der Waals surface area (Å²) in [4.78, 5) is 38.7. The number of anilines is 1. The Morgan fingerprint density at radius 2 is 1.87 bits per heavy atom. The summed E-state index contributed by atoms with van der Waals surface area (Å²) in [6.45, 7) is -0.388. The maximum Gasteiger partial charge on any atom is 0.246 e. The maximum absolute atomic E-state index is 12.8. The minimum absolute atomic E-state index is 0.0951.